The summed E-state index contributed by atoms with van der Waals surface area (Å²) in [6.45, 7) is 0. The maximum Gasteiger partial charge on any atom is 0.326 e. The van der Waals surface area contributed by atoms with Gasteiger partial charge in [-0.15, -0.1) is 12.3 Å². The number of aromatic amines is 1. The Labute approximate surface area is 200 Å². The van der Waals surface area contributed by atoms with Gasteiger partial charge in [0.05, 0.1) is 5.39 Å². The lowest BCUT2D eigenvalue weighted by atomic mass is 9.89. The number of carbonyl (C=O) groups excluding carboxylic acids is 1. The van der Waals surface area contributed by atoms with Gasteiger partial charge in [0.15, 0.2) is 0 Å². The molecule has 182 valence electrons. The fourth-order valence-corrected chi connectivity index (χ4v) is 3.87. The third-order valence-electron chi connectivity index (χ3n) is 5.68. The normalized spacial score (nSPS) is 12.5. The van der Waals surface area contributed by atoms with Gasteiger partial charge in [0.1, 0.15) is 17.5 Å². The number of benzene rings is 1. The maximum atomic E-state index is 12.5. The molecule has 1 unspecified atom stereocenters. The van der Waals surface area contributed by atoms with Crippen LogP contribution in [0, 0.1) is 12.3 Å². The number of aliphatic carboxylic acids is 2. The number of hydrogen-bond donors (Lipinski definition) is 6. The summed E-state index contributed by atoms with van der Waals surface area (Å²) in [5.74, 6) is 0.0457. The van der Waals surface area contributed by atoms with Gasteiger partial charge in [0, 0.05) is 24.6 Å². The largest absolute Gasteiger partial charge is 0.481 e. The number of aromatic nitrogens is 3. The Kier molecular flexibility index (Phi) is 7.88. The summed E-state index contributed by atoms with van der Waals surface area (Å²) in [6, 6.07) is 5.43. The van der Waals surface area contributed by atoms with Crippen molar-refractivity contribution >= 4 is 40.6 Å². The van der Waals surface area contributed by atoms with Gasteiger partial charge in [-0.3, -0.25) is 9.59 Å². The van der Waals surface area contributed by atoms with Gasteiger partial charge < -0.3 is 32.0 Å². The maximum absolute atomic E-state index is 12.5. The summed E-state index contributed by atoms with van der Waals surface area (Å²) in [5.41, 5.74) is 14.4. The molecule has 1 amide bonds. The van der Waals surface area contributed by atoms with Crippen molar-refractivity contribution in [2.24, 2.45) is 0 Å². The molecule has 0 saturated heterocycles. The van der Waals surface area contributed by atoms with Gasteiger partial charge in [-0.2, -0.15) is 9.97 Å². The number of nitrogen functional groups attached to an aromatic ring is 2. The Morgan fingerprint density at radius 1 is 1.11 bits per heavy atom. The first-order valence-electron chi connectivity index (χ1n) is 10.9. The summed E-state index contributed by atoms with van der Waals surface area (Å²) < 4.78 is 0. The number of hydrogen-bond acceptors (Lipinski definition) is 7. The van der Waals surface area contributed by atoms with Crippen LogP contribution in [0.2, 0.25) is 0 Å². The minimum absolute atomic E-state index is 0.000297. The fourth-order valence-electron chi connectivity index (χ4n) is 3.87. The second kappa shape index (κ2) is 11.0. The molecule has 2 aromatic heterocycles. The highest BCUT2D eigenvalue weighted by Gasteiger charge is 2.22. The Balaban J connectivity index is 1.70. The van der Waals surface area contributed by atoms with E-state index in [1.165, 1.54) is 0 Å². The molecule has 11 nitrogen and oxygen atoms in total. The number of nitrogens with zero attached hydrogens (tertiary/aromatic N) is 2. The molecule has 8 N–H and O–H groups in total. The number of H-pyrrole nitrogens is 1. The standard InChI is InChI=1S/C24H26N6O5/c1-2-3-13(6-9-16-12-27-21-19(16)20(25)29-24(26)30-21)14-4-7-15(8-5-14)22(33)28-17(23(34)35)10-11-18(31)32/h1,4-5,7-8,12-13,17H,3,6,9-11H2,(H,28,33)(H,31,32)(H,34,35)(H5,25,26,27,29,30)/t13?,17-/m0/s1. The molecule has 0 aliphatic carbocycles. The number of aryl methyl sites for hydroxylation is 1. The zero-order chi connectivity index (χ0) is 25.5. The molecule has 11 heteroatoms. The first-order chi connectivity index (χ1) is 16.7. The van der Waals surface area contributed by atoms with Crippen LogP contribution in [0.5, 0.6) is 0 Å². The average Bonchev–Trinajstić information content (AvgIpc) is 3.22. The van der Waals surface area contributed by atoms with Gasteiger partial charge in [0.25, 0.3) is 5.91 Å². The number of terminal acetylenes is 1. The van der Waals surface area contributed by atoms with Crippen LogP contribution in [0.4, 0.5) is 11.8 Å². The Morgan fingerprint density at radius 2 is 1.83 bits per heavy atom. The lowest BCUT2D eigenvalue weighted by molar-refractivity contribution is -0.140. The molecule has 0 bridgehead atoms. The topological polar surface area (TPSA) is 197 Å². The zero-order valence-corrected chi connectivity index (χ0v) is 18.8. The zero-order valence-electron chi connectivity index (χ0n) is 18.8. The summed E-state index contributed by atoms with van der Waals surface area (Å²) in [7, 11) is 0. The number of amides is 1. The van der Waals surface area contributed by atoms with Crippen molar-refractivity contribution in [3.05, 3.63) is 47.2 Å². The van der Waals surface area contributed by atoms with Crippen molar-refractivity contribution < 1.29 is 24.6 Å². The number of carboxylic acids is 2. The second-order valence-corrected chi connectivity index (χ2v) is 8.07. The van der Waals surface area contributed by atoms with Gasteiger partial charge in [-0.05, 0) is 48.4 Å². The number of fused-ring (bicyclic) bond motifs is 1. The SMILES string of the molecule is C#CCC(CCc1c[nH]c2nc(N)nc(N)c12)c1ccc(C(=O)N[C@@H](CCC(=O)O)C(=O)O)cc1. The van der Waals surface area contributed by atoms with Crippen molar-refractivity contribution in [2.75, 3.05) is 11.5 Å². The molecule has 35 heavy (non-hydrogen) atoms. The minimum atomic E-state index is -1.30. The van der Waals surface area contributed by atoms with Crippen molar-refractivity contribution in [2.45, 2.75) is 44.1 Å². The highest BCUT2D eigenvalue weighted by Crippen LogP contribution is 2.29. The van der Waals surface area contributed by atoms with Gasteiger partial charge in [0.2, 0.25) is 5.95 Å². The van der Waals surface area contributed by atoms with E-state index in [-0.39, 0.29) is 30.3 Å². The average molecular weight is 479 g/mol. The van der Waals surface area contributed by atoms with E-state index in [1.807, 2.05) is 6.20 Å². The van der Waals surface area contributed by atoms with Crippen molar-refractivity contribution in [3.8, 4) is 12.3 Å². The Bertz CT molecular complexity index is 1280. The third-order valence-corrected chi connectivity index (χ3v) is 5.68. The third kappa shape index (κ3) is 6.26. The lowest BCUT2D eigenvalue weighted by Crippen LogP contribution is -2.41. The van der Waals surface area contributed by atoms with Crippen LogP contribution in [0.1, 0.15) is 53.1 Å². The number of carboxylic acid groups (broad SMARTS) is 2. The fraction of sp³-hybridized carbons (Fsp3) is 0.292. The van der Waals surface area contributed by atoms with Crippen LogP contribution in [0.25, 0.3) is 11.0 Å². The molecule has 0 saturated carbocycles. The number of rotatable bonds is 11. The van der Waals surface area contributed by atoms with Gasteiger partial charge in [-0.1, -0.05) is 12.1 Å². The summed E-state index contributed by atoms with van der Waals surface area (Å²) >= 11 is 0. The number of anilines is 2. The Morgan fingerprint density at radius 3 is 2.46 bits per heavy atom. The molecular formula is C24H26N6O5. The molecule has 2 heterocycles. The highest BCUT2D eigenvalue weighted by atomic mass is 16.4. The molecule has 0 aliphatic heterocycles. The van der Waals surface area contributed by atoms with Crippen LogP contribution in [0.15, 0.2) is 30.5 Å². The molecule has 2 atom stereocenters. The second-order valence-electron chi connectivity index (χ2n) is 8.07. The molecule has 3 rings (SSSR count). The molecular weight excluding hydrogens is 452 g/mol. The predicted octanol–water partition coefficient (Wildman–Crippen LogP) is 1.91. The van der Waals surface area contributed by atoms with E-state index in [0.717, 1.165) is 16.5 Å². The van der Waals surface area contributed by atoms with Crippen molar-refractivity contribution in [3.63, 3.8) is 0 Å². The predicted molar refractivity (Wildman–Crippen MR) is 129 cm³/mol. The number of carbonyl (C=O) groups is 3. The van der Waals surface area contributed by atoms with Crippen LogP contribution in [-0.2, 0) is 16.0 Å². The molecule has 0 spiro atoms. The molecule has 1 aromatic carbocycles. The Hall–Kier alpha value is -4.59. The quantitative estimate of drug-likeness (QED) is 0.223. The van der Waals surface area contributed by atoms with Crippen LogP contribution < -0.4 is 16.8 Å². The van der Waals surface area contributed by atoms with E-state index in [4.69, 9.17) is 23.0 Å². The molecule has 3 aromatic rings. The van der Waals surface area contributed by atoms with Gasteiger partial charge in [-0.25, -0.2) is 4.79 Å². The summed E-state index contributed by atoms with van der Waals surface area (Å²) in [5, 5.41) is 21.1. The number of nitrogens with one attached hydrogen (secondary N) is 2. The van der Waals surface area contributed by atoms with Gasteiger partial charge >= 0.3 is 11.9 Å². The van der Waals surface area contributed by atoms with E-state index in [1.54, 1.807) is 24.3 Å². The van der Waals surface area contributed by atoms with Crippen molar-refractivity contribution in [1.29, 1.82) is 0 Å². The van der Waals surface area contributed by atoms with E-state index >= 15 is 0 Å². The van der Waals surface area contributed by atoms with Crippen molar-refractivity contribution in [1.82, 2.24) is 20.3 Å². The summed E-state index contributed by atoms with van der Waals surface area (Å²) in [6.07, 6.45) is 8.64. The van der Waals surface area contributed by atoms with Crippen LogP contribution in [0.3, 0.4) is 0 Å². The first-order valence-corrected chi connectivity index (χ1v) is 10.9. The van der Waals surface area contributed by atoms with E-state index in [9.17, 15) is 19.5 Å². The highest BCUT2D eigenvalue weighted by molar-refractivity contribution is 5.96. The number of nitrogens with two attached hydrogens (primary N) is 2. The monoisotopic (exact) mass is 478 g/mol. The van der Waals surface area contributed by atoms with Crippen LogP contribution in [-0.4, -0.2) is 49.1 Å². The smallest absolute Gasteiger partial charge is 0.326 e. The summed E-state index contributed by atoms with van der Waals surface area (Å²) in [4.78, 5) is 45.8. The minimum Gasteiger partial charge on any atom is -0.481 e. The van der Waals surface area contributed by atoms with E-state index < -0.39 is 23.9 Å². The first kappa shape index (κ1) is 25.0. The van der Waals surface area contributed by atoms with E-state index in [0.29, 0.717) is 30.7 Å². The molecule has 0 radical (unpaired) electrons. The molecule has 0 fully saturated rings. The van der Waals surface area contributed by atoms with Crippen LogP contribution >= 0.6 is 0 Å². The molecule has 0 aliphatic rings. The lowest BCUT2D eigenvalue weighted by Gasteiger charge is -2.16. The van der Waals surface area contributed by atoms with E-state index in [2.05, 4.69) is 26.2 Å².